The monoisotopic (exact) mass is 356 g/mol. The van der Waals surface area contributed by atoms with E-state index in [0.29, 0.717) is 23.7 Å². The van der Waals surface area contributed by atoms with Crippen LogP contribution in [0.15, 0.2) is 55.0 Å². The smallest absolute Gasteiger partial charge is 0.254 e. The Hall–Kier alpha value is -2.86. The lowest BCUT2D eigenvalue weighted by Gasteiger charge is -2.04. The molecule has 1 amide bonds. The molecule has 0 bridgehead atoms. The van der Waals surface area contributed by atoms with Crippen molar-refractivity contribution in [2.75, 3.05) is 7.11 Å². The number of nitrogens with one attached hydrogen (secondary N) is 1. The van der Waals surface area contributed by atoms with Crippen molar-refractivity contribution in [3.63, 3.8) is 0 Å². The molecule has 0 aliphatic heterocycles. The molecule has 0 radical (unpaired) electrons. The highest BCUT2D eigenvalue weighted by Crippen LogP contribution is 2.12. The van der Waals surface area contributed by atoms with Crippen molar-refractivity contribution in [2.24, 2.45) is 0 Å². The molecule has 0 unspecified atom stereocenters. The number of ether oxygens (including phenoxy) is 1. The predicted octanol–water partition coefficient (Wildman–Crippen LogP) is 2.92. The van der Waals surface area contributed by atoms with Crippen molar-refractivity contribution in [2.45, 2.75) is 13.1 Å². The lowest BCUT2D eigenvalue weighted by molar-refractivity contribution is 0.0950. The van der Waals surface area contributed by atoms with E-state index in [-0.39, 0.29) is 5.91 Å². The van der Waals surface area contributed by atoms with Crippen LogP contribution in [0.3, 0.4) is 0 Å². The summed E-state index contributed by atoms with van der Waals surface area (Å²) in [5, 5.41) is 7.61. The number of amides is 1. The Labute approximate surface area is 150 Å². The van der Waals surface area contributed by atoms with Gasteiger partial charge in [0.1, 0.15) is 5.75 Å². The third-order valence-electron chi connectivity index (χ3n) is 3.62. The molecule has 3 aromatic rings. The summed E-state index contributed by atoms with van der Waals surface area (Å²) in [5.74, 6) is 0.609. The van der Waals surface area contributed by atoms with Gasteiger partial charge in [0.2, 0.25) is 0 Å². The molecule has 1 aromatic carbocycles. The van der Waals surface area contributed by atoms with Crippen molar-refractivity contribution in [3.8, 4) is 5.75 Å². The first-order valence-corrected chi connectivity index (χ1v) is 8.06. The summed E-state index contributed by atoms with van der Waals surface area (Å²) in [6, 6.07) is 11.2. The molecule has 1 N–H and O–H groups in total. The average Bonchev–Trinajstić information content (AvgIpc) is 3.10. The van der Waals surface area contributed by atoms with Gasteiger partial charge in [0.05, 0.1) is 42.7 Å². The topological polar surface area (TPSA) is 69.0 Å². The SMILES string of the molecule is COc1ccc(Cn2cc(C(=O)NCc3ccc(Cl)cn3)cn2)cc1. The second kappa shape index (κ2) is 7.81. The summed E-state index contributed by atoms with van der Waals surface area (Å²) in [7, 11) is 1.63. The first kappa shape index (κ1) is 17.0. The Balaban J connectivity index is 1.58. The zero-order chi connectivity index (χ0) is 17.6. The Morgan fingerprint density at radius 3 is 2.68 bits per heavy atom. The highest BCUT2D eigenvalue weighted by Gasteiger charge is 2.09. The molecule has 2 heterocycles. The maximum atomic E-state index is 12.2. The van der Waals surface area contributed by atoms with E-state index < -0.39 is 0 Å². The van der Waals surface area contributed by atoms with Crippen LogP contribution in [0.5, 0.6) is 5.75 Å². The van der Waals surface area contributed by atoms with E-state index in [1.807, 2.05) is 24.3 Å². The first-order valence-electron chi connectivity index (χ1n) is 7.68. The van der Waals surface area contributed by atoms with Crippen LogP contribution in [0.2, 0.25) is 5.02 Å². The van der Waals surface area contributed by atoms with Gasteiger partial charge in [-0.1, -0.05) is 23.7 Å². The predicted molar refractivity (Wildman–Crippen MR) is 94.7 cm³/mol. The Morgan fingerprint density at radius 1 is 1.20 bits per heavy atom. The highest BCUT2D eigenvalue weighted by molar-refractivity contribution is 6.30. The lowest BCUT2D eigenvalue weighted by atomic mass is 10.2. The number of aromatic nitrogens is 3. The number of carbonyl (C=O) groups is 1. The van der Waals surface area contributed by atoms with Gasteiger partial charge >= 0.3 is 0 Å². The van der Waals surface area contributed by atoms with E-state index in [2.05, 4.69) is 15.4 Å². The molecular weight excluding hydrogens is 340 g/mol. The molecule has 0 atom stereocenters. The van der Waals surface area contributed by atoms with Crippen LogP contribution in [-0.2, 0) is 13.1 Å². The van der Waals surface area contributed by atoms with Crippen LogP contribution in [0.25, 0.3) is 0 Å². The van der Waals surface area contributed by atoms with Crippen molar-refractivity contribution in [3.05, 3.63) is 76.8 Å². The third kappa shape index (κ3) is 4.58. The number of methoxy groups -OCH3 is 1. The third-order valence-corrected chi connectivity index (χ3v) is 3.84. The van der Waals surface area contributed by atoms with E-state index in [0.717, 1.165) is 17.0 Å². The van der Waals surface area contributed by atoms with Crippen LogP contribution in [0.1, 0.15) is 21.6 Å². The minimum atomic E-state index is -0.197. The van der Waals surface area contributed by atoms with Crippen LogP contribution in [0.4, 0.5) is 0 Å². The highest BCUT2D eigenvalue weighted by atomic mass is 35.5. The molecule has 0 aliphatic carbocycles. The zero-order valence-electron chi connectivity index (χ0n) is 13.6. The van der Waals surface area contributed by atoms with E-state index in [9.17, 15) is 4.79 Å². The molecule has 0 aliphatic rings. The lowest BCUT2D eigenvalue weighted by Crippen LogP contribution is -2.22. The zero-order valence-corrected chi connectivity index (χ0v) is 14.4. The maximum absolute atomic E-state index is 12.2. The summed E-state index contributed by atoms with van der Waals surface area (Å²) < 4.78 is 6.86. The van der Waals surface area contributed by atoms with Crippen molar-refractivity contribution < 1.29 is 9.53 Å². The summed E-state index contributed by atoms with van der Waals surface area (Å²) in [4.78, 5) is 16.3. The number of carbonyl (C=O) groups excluding carboxylic acids is 1. The maximum Gasteiger partial charge on any atom is 0.254 e. The Morgan fingerprint density at radius 2 is 2.00 bits per heavy atom. The summed E-state index contributed by atoms with van der Waals surface area (Å²) in [6.45, 7) is 0.912. The van der Waals surface area contributed by atoms with Gasteiger partial charge in [-0.3, -0.25) is 14.5 Å². The van der Waals surface area contributed by atoms with Crippen molar-refractivity contribution >= 4 is 17.5 Å². The molecule has 3 rings (SSSR count). The minimum absolute atomic E-state index is 0.197. The van der Waals surface area contributed by atoms with Crippen LogP contribution < -0.4 is 10.1 Å². The number of halogens is 1. The molecule has 7 heteroatoms. The second-order valence-corrected chi connectivity index (χ2v) is 5.86. The molecule has 0 saturated heterocycles. The van der Waals surface area contributed by atoms with E-state index in [1.165, 1.54) is 0 Å². The number of rotatable bonds is 6. The van der Waals surface area contributed by atoms with Gasteiger partial charge in [-0.15, -0.1) is 0 Å². The van der Waals surface area contributed by atoms with Crippen LogP contribution >= 0.6 is 11.6 Å². The van der Waals surface area contributed by atoms with Gasteiger partial charge in [-0.25, -0.2) is 0 Å². The Kier molecular flexibility index (Phi) is 5.30. The van der Waals surface area contributed by atoms with Crippen LogP contribution in [0, 0.1) is 0 Å². The van der Waals surface area contributed by atoms with E-state index >= 15 is 0 Å². The first-order chi connectivity index (χ1) is 12.1. The summed E-state index contributed by atoms with van der Waals surface area (Å²) >= 11 is 5.79. The number of hydrogen-bond donors (Lipinski definition) is 1. The van der Waals surface area contributed by atoms with E-state index in [4.69, 9.17) is 16.3 Å². The normalized spacial score (nSPS) is 10.5. The molecular formula is C18H17ClN4O2. The largest absolute Gasteiger partial charge is 0.497 e. The number of benzene rings is 1. The fourth-order valence-corrected chi connectivity index (χ4v) is 2.38. The summed E-state index contributed by atoms with van der Waals surface area (Å²) in [5.41, 5.74) is 2.31. The molecule has 25 heavy (non-hydrogen) atoms. The standard InChI is InChI=1S/C18H17ClN4O2/c1-25-17-6-2-13(3-7-17)11-23-12-14(8-22-23)18(24)21-10-16-5-4-15(19)9-20-16/h2-9,12H,10-11H2,1H3,(H,21,24). The quantitative estimate of drug-likeness (QED) is 0.737. The van der Waals surface area contributed by atoms with Gasteiger partial charge in [0.25, 0.3) is 5.91 Å². The van der Waals surface area contributed by atoms with E-state index in [1.54, 1.807) is 42.5 Å². The molecule has 2 aromatic heterocycles. The summed E-state index contributed by atoms with van der Waals surface area (Å²) in [6.07, 6.45) is 4.82. The molecule has 0 spiro atoms. The second-order valence-electron chi connectivity index (χ2n) is 5.43. The molecule has 0 fully saturated rings. The van der Waals surface area contributed by atoms with Gasteiger partial charge < -0.3 is 10.1 Å². The van der Waals surface area contributed by atoms with Crippen molar-refractivity contribution in [1.29, 1.82) is 0 Å². The number of hydrogen-bond acceptors (Lipinski definition) is 4. The number of nitrogens with zero attached hydrogens (tertiary/aromatic N) is 3. The molecule has 0 saturated carbocycles. The fraction of sp³-hybridized carbons (Fsp3) is 0.167. The number of pyridine rings is 1. The average molecular weight is 357 g/mol. The minimum Gasteiger partial charge on any atom is -0.497 e. The Bertz CT molecular complexity index is 844. The molecule has 6 nitrogen and oxygen atoms in total. The van der Waals surface area contributed by atoms with Gasteiger partial charge in [0, 0.05) is 12.4 Å². The van der Waals surface area contributed by atoms with Gasteiger partial charge in [0.15, 0.2) is 0 Å². The van der Waals surface area contributed by atoms with Crippen LogP contribution in [-0.4, -0.2) is 27.8 Å². The molecule has 128 valence electrons. The van der Waals surface area contributed by atoms with Gasteiger partial charge in [-0.2, -0.15) is 5.10 Å². The van der Waals surface area contributed by atoms with Crippen molar-refractivity contribution in [1.82, 2.24) is 20.1 Å². The fourth-order valence-electron chi connectivity index (χ4n) is 2.27. The van der Waals surface area contributed by atoms with Gasteiger partial charge in [-0.05, 0) is 29.8 Å².